The number of benzene rings is 1. The lowest BCUT2D eigenvalue weighted by Gasteiger charge is -2.31. The monoisotopic (exact) mass is 316 g/mol. The Kier molecular flexibility index (Phi) is 5.03. The number of rotatable bonds is 4. The molecule has 0 aliphatic heterocycles. The second-order valence-electron chi connectivity index (χ2n) is 7.55. The molecule has 126 valence electrons. The maximum atomic E-state index is 12.5. The number of aromatic nitrogens is 1. The molecule has 0 spiro atoms. The number of fused-ring (bicyclic) bond motifs is 1. The molecule has 0 saturated carbocycles. The van der Waals surface area contributed by atoms with Crippen molar-refractivity contribution < 1.29 is 9.53 Å². The van der Waals surface area contributed by atoms with Gasteiger partial charge in [0.15, 0.2) is 0 Å². The number of aromatic amines is 1. The third kappa shape index (κ3) is 4.50. The number of amides is 1. The molecular weight excluding hydrogens is 288 g/mol. The van der Waals surface area contributed by atoms with Crippen molar-refractivity contribution in [2.24, 2.45) is 5.92 Å². The molecule has 1 aromatic heterocycles. The molecule has 1 amide bonds. The third-order valence-electron chi connectivity index (χ3n) is 3.75. The molecule has 0 aliphatic rings. The number of carbonyl (C=O) groups is 1. The lowest BCUT2D eigenvalue weighted by molar-refractivity contribution is 0.0198. The summed E-state index contributed by atoms with van der Waals surface area (Å²) in [5.74, 6) is 0.469. The Labute approximate surface area is 138 Å². The number of H-pyrrole nitrogens is 1. The van der Waals surface area contributed by atoms with Crippen LogP contribution >= 0.6 is 0 Å². The number of hydrogen-bond acceptors (Lipinski definition) is 2. The molecule has 2 rings (SSSR count). The van der Waals surface area contributed by atoms with Gasteiger partial charge in [0.2, 0.25) is 0 Å². The van der Waals surface area contributed by atoms with Gasteiger partial charge in [0.1, 0.15) is 5.60 Å². The second-order valence-corrected chi connectivity index (χ2v) is 7.55. The molecule has 1 N–H and O–H groups in total. The van der Waals surface area contributed by atoms with E-state index in [1.54, 1.807) is 4.90 Å². The van der Waals surface area contributed by atoms with Crippen LogP contribution in [-0.2, 0) is 4.74 Å². The van der Waals surface area contributed by atoms with Gasteiger partial charge in [-0.05, 0) is 50.6 Å². The first kappa shape index (κ1) is 17.4. The van der Waals surface area contributed by atoms with Crippen LogP contribution in [0.1, 0.15) is 52.8 Å². The van der Waals surface area contributed by atoms with E-state index in [0.29, 0.717) is 5.92 Å². The average molecular weight is 316 g/mol. The quantitative estimate of drug-likeness (QED) is 0.850. The predicted molar refractivity (Wildman–Crippen MR) is 94.5 cm³/mol. The van der Waals surface area contributed by atoms with Crippen LogP contribution in [-0.4, -0.2) is 28.6 Å². The lowest BCUT2D eigenvalue weighted by atomic mass is 10.00. The fourth-order valence-electron chi connectivity index (χ4n) is 2.68. The van der Waals surface area contributed by atoms with Crippen LogP contribution in [0.5, 0.6) is 0 Å². The molecule has 0 unspecified atom stereocenters. The first-order chi connectivity index (χ1) is 10.7. The molecule has 0 bridgehead atoms. The Hall–Kier alpha value is -1.97. The van der Waals surface area contributed by atoms with Gasteiger partial charge in [0, 0.05) is 18.3 Å². The Morgan fingerprint density at radius 1 is 1.26 bits per heavy atom. The Bertz CT molecular complexity index is 634. The van der Waals surface area contributed by atoms with Crippen LogP contribution < -0.4 is 0 Å². The predicted octanol–water partition coefficient (Wildman–Crippen LogP) is 5.12. The third-order valence-corrected chi connectivity index (χ3v) is 3.75. The zero-order valence-corrected chi connectivity index (χ0v) is 15.0. The van der Waals surface area contributed by atoms with Gasteiger partial charge in [-0.1, -0.05) is 32.0 Å². The summed E-state index contributed by atoms with van der Waals surface area (Å²) < 4.78 is 5.53. The number of hydrogen-bond donors (Lipinski definition) is 1. The molecule has 4 heteroatoms. The lowest BCUT2D eigenvalue weighted by Crippen LogP contribution is -2.37. The van der Waals surface area contributed by atoms with Crippen molar-refractivity contribution in [3.8, 4) is 0 Å². The maximum absolute atomic E-state index is 12.5. The molecule has 0 fully saturated rings. The minimum atomic E-state index is -0.492. The van der Waals surface area contributed by atoms with E-state index < -0.39 is 5.60 Å². The van der Waals surface area contributed by atoms with Crippen LogP contribution in [0.25, 0.3) is 10.9 Å². The molecular formula is C19H28N2O2. The summed E-state index contributed by atoms with van der Waals surface area (Å²) in [6.07, 6.45) is 0.588. The van der Waals surface area contributed by atoms with Crippen LogP contribution in [0.15, 0.2) is 30.3 Å². The van der Waals surface area contributed by atoms with Crippen molar-refractivity contribution in [2.45, 2.75) is 52.7 Å². The van der Waals surface area contributed by atoms with Crippen LogP contribution in [0.4, 0.5) is 4.79 Å². The van der Waals surface area contributed by atoms with E-state index in [9.17, 15) is 4.79 Å². The van der Waals surface area contributed by atoms with E-state index in [1.807, 2.05) is 40.0 Å². The number of ether oxygens (including phenoxy) is 1. The topological polar surface area (TPSA) is 45.3 Å². The Balaban J connectivity index is 2.30. The van der Waals surface area contributed by atoms with E-state index in [4.69, 9.17) is 4.74 Å². The highest BCUT2D eigenvalue weighted by Crippen LogP contribution is 2.30. The molecule has 0 aliphatic carbocycles. The van der Waals surface area contributed by atoms with Crippen molar-refractivity contribution in [3.05, 3.63) is 36.0 Å². The van der Waals surface area contributed by atoms with Crippen LogP contribution in [0, 0.1) is 5.92 Å². The molecule has 1 heterocycles. The SMILES string of the molecule is CC(C)C[C@@H](c1cc2ccccc2[nH]1)N(C)C(=O)OC(C)(C)C. The zero-order valence-electron chi connectivity index (χ0n) is 15.0. The molecule has 0 radical (unpaired) electrons. The van der Waals surface area contributed by atoms with E-state index >= 15 is 0 Å². The largest absolute Gasteiger partial charge is 0.444 e. The second kappa shape index (κ2) is 6.65. The molecule has 2 aromatic rings. The number of para-hydroxylation sites is 1. The summed E-state index contributed by atoms with van der Waals surface area (Å²) in [4.78, 5) is 17.6. The van der Waals surface area contributed by atoms with Gasteiger partial charge in [-0.3, -0.25) is 0 Å². The fraction of sp³-hybridized carbons (Fsp3) is 0.526. The van der Waals surface area contributed by atoms with Crippen molar-refractivity contribution in [1.29, 1.82) is 0 Å². The van der Waals surface area contributed by atoms with Crippen LogP contribution in [0.3, 0.4) is 0 Å². The number of nitrogens with one attached hydrogen (secondary N) is 1. The highest BCUT2D eigenvalue weighted by atomic mass is 16.6. The van der Waals surface area contributed by atoms with Gasteiger partial charge in [-0.2, -0.15) is 0 Å². The first-order valence-corrected chi connectivity index (χ1v) is 8.21. The van der Waals surface area contributed by atoms with E-state index in [0.717, 1.165) is 23.0 Å². The van der Waals surface area contributed by atoms with E-state index in [1.165, 1.54) is 0 Å². The number of carbonyl (C=O) groups excluding carboxylic acids is 1. The summed E-state index contributed by atoms with van der Waals surface area (Å²) in [5.41, 5.74) is 1.65. The highest BCUT2D eigenvalue weighted by molar-refractivity contribution is 5.80. The van der Waals surface area contributed by atoms with Crippen molar-refractivity contribution in [3.63, 3.8) is 0 Å². The van der Waals surface area contributed by atoms with Gasteiger partial charge in [0.05, 0.1) is 6.04 Å². The summed E-state index contributed by atoms with van der Waals surface area (Å²) in [6.45, 7) is 9.99. The van der Waals surface area contributed by atoms with Crippen molar-refractivity contribution in [2.75, 3.05) is 7.05 Å². The summed E-state index contributed by atoms with van der Waals surface area (Å²) in [5, 5.41) is 1.16. The summed E-state index contributed by atoms with van der Waals surface area (Å²) in [6, 6.07) is 10.3. The van der Waals surface area contributed by atoms with Gasteiger partial charge < -0.3 is 14.6 Å². The fourth-order valence-corrected chi connectivity index (χ4v) is 2.68. The minimum absolute atomic E-state index is 0.0303. The van der Waals surface area contributed by atoms with E-state index in [2.05, 4.69) is 37.0 Å². The normalized spacial score (nSPS) is 13.3. The Morgan fingerprint density at radius 2 is 1.91 bits per heavy atom. The Morgan fingerprint density at radius 3 is 2.48 bits per heavy atom. The zero-order chi connectivity index (χ0) is 17.2. The molecule has 0 saturated heterocycles. The molecule has 23 heavy (non-hydrogen) atoms. The summed E-state index contributed by atoms with van der Waals surface area (Å²) in [7, 11) is 1.81. The first-order valence-electron chi connectivity index (χ1n) is 8.21. The minimum Gasteiger partial charge on any atom is -0.444 e. The molecule has 1 aromatic carbocycles. The number of nitrogens with zero attached hydrogens (tertiary/aromatic N) is 1. The highest BCUT2D eigenvalue weighted by Gasteiger charge is 2.28. The van der Waals surface area contributed by atoms with Crippen molar-refractivity contribution in [1.82, 2.24) is 9.88 Å². The van der Waals surface area contributed by atoms with Gasteiger partial charge in [0.25, 0.3) is 0 Å². The van der Waals surface area contributed by atoms with Crippen molar-refractivity contribution >= 4 is 17.0 Å². The van der Waals surface area contributed by atoms with Gasteiger partial charge in [-0.15, -0.1) is 0 Å². The smallest absolute Gasteiger partial charge is 0.410 e. The molecule has 1 atom stereocenters. The average Bonchev–Trinajstić information content (AvgIpc) is 2.85. The van der Waals surface area contributed by atoms with Gasteiger partial charge >= 0.3 is 6.09 Å². The standard InChI is InChI=1S/C19H28N2O2/c1-13(2)11-17(21(6)18(22)23-19(3,4)5)16-12-14-9-7-8-10-15(14)20-16/h7-10,12-13,17,20H,11H2,1-6H3/t17-/m0/s1. The summed E-state index contributed by atoms with van der Waals surface area (Å²) >= 11 is 0. The van der Waals surface area contributed by atoms with Gasteiger partial charge in [-0.25, -0.2) is 4.79 Å². The van der Waals surface area contributed by atoms with E-state index in [-0.39, 0.29) is 12.1 Å². The molecule has 4 nitrogen and oxygen atoms in total. The maximum Gasteiger partial charge on any atom is 0.410 e. The van der Waals surface area contributed by atoms with Crippen LogP contribution in [0.2, 0.25) is 0 Å².